The summed E-state index contributed by atoms with van der Waals surface area (Å²) >= 11 is 0. The molecular weight excluding hydrogens is 250 g/mol. The molecule has 1 aliphatic rings. The second-order valence-electron chi connectivity index (χ2n) is 4.25. The zero-order valence-electron chi connectivity index (χ0n) is 11.3. The minimum atomic E-state index is -0.928. The second-order valence-corrected chi connectivity index (χ2v) is 4.25. The summed E-state index contributed by atoms with van der Waals surface area (Å²) in [5.41, 5.74) is 0.790. The van der Waals surface area contributed by atoms with Gasteiger partial charge in [-0.3, -0.25) is 4.79 Å². The Morgan fingerprint density at radius 3 is 2.42 bits per heavy atom. The maximum Gasteiger partial charge on any atom is 0.260 e. The van der Waals surface area contributed by atoms with Gasteiger partial charge in [-0.05, 0) is 6.07 Å². The number of carbonyl (C=O) groups excluding carboxylic acids is 1. The Hall–Kier alpha value is -1.79. The molecule has 0 aromatic heterocycles. The van der Waals surface area contributed by atoms with Crippen LogP contribution in [0.1, 0.15) is 22.0 Å². The van der Waals surface area contributed by atoms with Crippen LogP contribution in [-0.4, -0.2) is 50.5 Å². The molecule has 1 N–H and O–H groups in total. The SMILES string of the molecule is COc1ccc2c(c1OC)C(=O)N(C)[C@@H](OC)[C@@H]2O. The molecule has 0 unspecified atom stereocenters. The molecule has 0 aliphatic carbocycles. The number of rotatable bonds is 3. The maximum absolute atomic E-state index is 12.4. The first-order valence-electron chi connectivity index (χ1n) is 5.79. The molecule has 1 aromatic rings. The van der Waals surface area contributed by atoms with E-state index in [0.717, 1.165) is 0 Å². The smallest absolute Gasteiger partial charge is 0.260 e. The summed E-state index contributed by atoms with van der Waals surface area (Å²) in [6.45, 7) is 0. The number of benzene rings is 1. The minimum Gasteiger partial charge on any atom is -0.493 e. The van der Waals surface area contributed by atoms with Gasteiger partial charge < -0.3 is 24.2 Å². The Kier molecular flexibility index (Phi) is 3.64. The summed E-state index contributed by atoms with van der Waals surface area (Å²) in [6, 6.07) is 3.31. The Morgan fingerprint density at radius 1 is 1.21 bits per heavy atom. The third-order valence-electron chi connectivity index (χ3n) is 3.32. The monoisotopic (exact) mass is 267 g/mol. The largest absolute Gasteiger partial charge is 0.493 e. The average Bonchev–Trinajstić information content (AvgIpc) is 2.43. The Morgan fingerprint density at radius 2 is 1.89 bits per heavy atom. The molecule has 2 atom stereocenters. The highest BCUT2D eigenvalue weighted by Gasteiger charge is 2.39. The molecule has 1 aliphatic heterocycles. The van der Waals surface area contributed by atoms with Gasteiger partial charge in [0, 0.05) is 19.7 Å². The third kappa shape index (κ3) is 1.93. The number of hydrogen-bond acceptors (Lipinski definition) is 5. The van der Waals surface area contributed by atoms with Crippen LogP contribution in [0.25, 0.3) is 0 Å². The summed E-state index contributed by atoms with van der Waals surface area (Å²) in [4.78, 5) is 13.7. The predicted octanol–water partition coefficient (Wildman–Crippen LogP) is 0.795. The third-order valence-corrected chi connectivity index (χ3v) is 3.32. The molecule has 1 aromatic carbocycles. The molecule has 1 heterocycles. The van der Waals surface area contributed by atoms with Gasteiger partial charge in [-0.15, -0.1) is 0 Å². The summed E-state index contributed by atoms with van der Waals surface area (Å²) in [5, 5.41) is 10.3. The van der Waals surface area contributed by atoms with E-state index in [1.807, 2.05) is 0 Å². The Balaban J connectivity index is 2.65. The van der Waals surface area contributed by atoms with E-state index in [-0.39, 0.29) is 5.91 Å². The lowest BCUT2D eigenvalue weighted by Crippen LogP contribution is -2.46. The number of ether oxygens (including phenoxy) is 3. The van der Waals surface area contributed by atoms with Gasteiger partial charge in [0.15, 0.2) is 17.7 Å². The van der Waals surface area contributed by atoms with E-state index in [9.17, 15) is 9.90 Å². The van der Waals surface area contributed by atoms with E-state index < -0.39 is 12.3 Å². The number of fused-ring (bicyclic) bond motifs is 1. The van der Waals surface area contributed by atoms with Gasteiger partial charge in [0.2, 0.25) is 0 Å². The summed E-state index contributed by atoms with van der Waals surface area (Å²) in [5.74, 6) is 0.499. The molecule has 0 saturated heterocycles. The number of aliphatic hydroxyl groups excluding tert-OH is 1. The van der Waals surface area contributed by atoms with Crippen LogP contribution in [0.15, 0.2) is 12.1 Å². The van der Waals surface area contributed by atoms with Crippen LogP contribution in [0.2, 0.25) is 0 Å². The fraction of sp³-hybridized carbons (Fsp3) is 0.462. The molecule has 1 amide bonds. The van der Waals surface area contributed by atoms with Gasteiger partial charge in [0.05, 0.1) is 19.8 Å². The van der Waals surface area contributed by atoms with Crippen LogP contribution >= 0.6 is 0 Å². The normalized spacial score (nSPS) is 22.2. The molecular formula is C13H17NO5. The van der Waals surface area contributed by atoms with Crippen molar-refractivity contribution in [1.29, 1.82) is 0 Å². The molecule has 0 fully saturated rings. The number of methoxy groups -OCH3 is 3. The van der Waals surface area contributed by atoms with Crippen molar-refractivity contribution in [2.24, 2.45) is 0 Å². The first-order valence-corrected chi connectivity index (χ1v) is 5.79. The molecule has 6 nitrogen and oxygen atoms in total. The fourth-order valence-corrected chi connectivity index (χ4v) is 2.35. The molecule has 0 saturated carbocycles. The Bertz CT molecular complexity index is 502. The van der Waals surface area contributed by atoms with Crippen molar-refractivity contribution in [2.75, 3.05) is 28.4 Å². The van der Waals surface area contributed by atoms with Gasteiger partial charge in [-0.2, -0.15) is 0 Å². The van der Waals surface area contributed by atoms with E-state index in [1.54, 1.807) is 19.2 Å². The molecule has 19 heavy (non-hydrogen) atoms. The van der Waals surface area contributed by atoms with Crippen molar-refractivity contribution in [2.45, 2.75) is 12.3 Å². The van der Waals surface area contributed by atoms with Crippen LogP contribution < -0.4 is 9.47 Å². The maximum atomic E-state index is 12.4. The van der Waals surface area contributed by atoms with E-state index in [0.29, 0.717) is 22.6 Å². The van der Waals surface area contributed by atoms with Crippen LogP contribution in [-0.2, 0) is 4.74 Å². The number of likely N-dealkylation sites (N-methyl/N-ethyl adjacent to an activating group) is 1. The zero-order valence-corrected chi connectivity index (χ0v) is 11.3. The topological polar surface area (TPSA) is 68.2 Å². The highest BCUT2D eigenvalue weighted by molar-refractivity contribution is 6.00. The minimum absolute atomic E-state index is 0.275. The second kappa shape index (κ2) is 5.07. The van der Waals surface area contributed by atoms with Gasteiger partial charge in [-0.1, -0.05) is 6.07 Å². The van der Waals surface area contributed by atoms with Crippen molar-refractivity contribution in [3.05, 3.63) is 23.3 Å². The number of aliphatic hydroxyl groups is 1. The lowest BCUT2D eigenvalue weighted by atomic mass is 9.94. The van der Waals surface area contributed by atoms with Crippen LogP contribution in [0, 0.1) is 0 Å². The van der Waals surface area contributed by atoms with Crippen molar-refractivity contribution in [3.8, 4) is 11.5 Å². The van der Waals surface area contributed by atoms with Crippen molar-refractivity contribution >= 4 is 5.91 Å². The van der Waals surface area contributed by atoms with Crippen molar-refractivity contribution in [3.63, 3.8) is 0 Å². The lowest BCUT2D eigenvalue weighted by molar-refractivity contribution is -0.0908. The van der Waals surface area contributed by atoms with Crippen LogP contribution in [0.3, 0.4) is 0 Å². The van der Waals surface area contributed by atoms with Gasteiger partial charge >= 0.3 is 0 Å². The first-order chi connectivity index (χ1) is 9.06. The predicted molar refractivity (Wildman–Crippen MR) is 67.4 cm³/mol. The standard InChI is InChI=1S/C13H17NO5/c1-14-12(16)9-7(10(15)13(14)19-4)5-6-8(17-2)11(9)18-3/h5-6,10,13,15H,1-4H3/t10-,13+/m1/s1. The average molecular weight is 267 g/mol. The Labute approximate surface area is 111 Å². The molecule has 0 bridgehead atoms. The number of hydrogen-bond donors (Lipinski definition) is 1. The molecule has 2 rings (SSSR count). The molecule has 0 radical (unpaired) electrons. The number of amides is 1. The quantitative estimate of drug-likeness (QED) is 0.877. The summed E-state index contributed by atoms with van der Waals surface area (Å²) in [7, 11) is 5.97. The first kappa shape index (κ1) is 13.6. The highest BCUT2D eigenvalue weighted by Crippen LogP contribution is 2.41. The van der Waals surface area contributed by atoms with E-state index in [4.69, 9.17) is 14.2 Å². The fourth-order valence-electron chi connectivity index (χ4n) is 2.35. The van der Waals surface area contributed by atoms with Gasteiger partial charge in [0.1, 0.15) is 6.10 Å². The van der Waals surface area contributed by atoms with E-state index >= 15 is 0 Å². The summed E-state index contributed by atoms with van der Waals surface area (Å²) in [6.07, 6.45) is -1.64. The number of carbonyl (C=O) groups is 1. The molecule has 104 valence electrons. The van der Waals surface area contributed by atoms with Crippen molar-refractivity contribution in [1.82, 2.24) is 4.90 Å². The van der Waals surface area contributed by atoms with Gasteiger partial charge in [-0.25, -0.2) is 0 Å². The van der Waals surface area contributed by atoms with Crippen LogP contribution in [0.4, 0.5) is 0 Å². The number of nitrogens with zero attached hydrogens (tertiary/aromatic N) is 1. The summed E-state index contributed by atoms with van der Waals surface area (Å²) < 4.78 is 15.6. The molecule has 0 spiro atoms. The van der Waals surface area contributed by atoms with Gasteiger partial charge in [0.25, 0.3) is 5.91 Å². The van der Waals surface area contributed by atoms with Crippen LogP contribution in [0.5, 0.6) is 11.5 Å². The highest BCUT2D eigenvalue weighted by atomic mass is 16.5. The van der Waals surface area contributed by atoms with E-state index in [2.05, 4.69) is 0 Å². The lowest BCUT2D eigenvalue weighted by Gasteiger charge is -2.37. The zero-order chi connectivity index (χ0) is 14.2. The van der Waals surface area contributed by atoms with Crippen molar-refractivity contribution < 1.29 is 24.1 Å². The molecule has 6 heteroatoms. The van der Waals surface area contributed by atoms with E-state index in [1.165, 1.54) is 26.2 Å².